The van der Waals surface area contributed by atoms with Gasteiger partial charge in [-0.2, -0.15) is 0 Å². The zero-order valence-electron chi connectivity index (χ0n) is 10.8. The number of benzene rings is 1. The van der Waals surface area contributed by atoms with Crippen LogP contribution in [0.3, 0.4) is 0 Å². The van der Waals surface area contributed by atoms with E-state index in [1.807, 2.05) is 19.1 Å². The first kappa shape index (κ1) is 14.9. The Morgan fingerprint density at radius 3 is 2.44 bits per heavy atom. The molecule has 5 nitrogen and oxygen atoms in total. The van der Waals surface area contributed by atoms with Gasteiger partial charge in [-0.3, -0.25) is 4.72 Å². The van der Waals surface area contributed by atoms with E-state index >= 15 is 0 Å². The van der Waals surface area contributed by atoms with Crippen LogP contribution in [0.2, 0.25) is 0 Å². The van der Waals surface area contributed by atoms with Crippen LogP contribution in [-0.2, 0) is 10.0 Å². The standard InChI is InChI=1S/C12H20N2O3S/c1-9(15)8-13-10(2)11-6-4-5-7-12(11)14-18(3,16)17/h4-7,9-10,13-15H,8H2,1-3H3/t9-,10?/m0/s1. The molecule has 0 bridgehead atoms. The zero-order valence-corrected chi connectivity index (χ0v) is 11.7. The summed E-state index contributed by atoms with van der Waals surface area (Å²) >= 11 is 0. The van der Waals surface area contributed by atoms with E-state index < -0.39 is 16.1 Å². The smallest absolute Gasteiger partial charge is 0.229 e. The Morgan fingerprint density at radius 2 is 1.89 bits per heavy atom. The van der Waals surface area contributed by atoms with Gasteiger partial charge in [-0.25, -0.2) is 8.42 Å². The van der Waals surface area contributed by atoms with Crippen LogP contribution in [0.1, 0.15) is 25.5 Å². The van der Waals surface area contributed by atoms with Crippen molar-refractivity contribution in [3.8, 4) is 0 Å². The highest BCUT2D eigenvalue weighted by Crippen LogP contribution is 2.23. The summed E-state index contributed by atoms with van der Waals surface area (Å²) in [6, 6.07) is 7.15. The van der Waals surface area contributed by atoms with E-state index in [0.717, 1.165) is 11.8 Å². The number of nitrogens with one attached hydrogen (secondary N) is 2. The van der Waals surface area contributed by atoms with Crippen LogP contribution in [0.5, 0.6) is 0 Å². The lowest BCUT2D eigenvalue weighted by molar-refractivity contribution is 0.187. The Labute approximate surface area is 108 Å². The van der Waals surface area contributed by atoms with Gasteiger partial charge in [0.05, 0.1) is 18.0 Å². The molecule has 102 valence electrons. The molecule has 0 fully saturated rings. The summed E-state index contributed by atoms with van der Waals surface area (Å²) in [5.74, 6) is 0. The van der Waals surface area contributed by atoms with Crippen molar-refractivity contribution in [2.24, 2.45) is 0 Å². The van der Waals surface area contributed by atoms with E-state index in [-0.39, 0.29) is 6.04 Å². The van der Waals surface area contributed by atoms with Gasteiger partial charge in [0.2, 0.25) is 10.0 Å². The van der Waals surface area contributed by atoms with Crippen molar-refractivity contribution in [3.05, 3.63) is 29.8 Å². The van der Waals surface area contributed by atoms with E-state index in [4.69, 9.17) is 0 Å². The van der Waals surface area contributed by atoms with Gasteiger partial charge < -0.3 is 10.4 Å². The number of para-hydroxylation sites is 1. The Morgan fingerprint density at radius 1 is 1.28 bits per heavy atom. The minimum atomic E-state index is -3.29. The van der Waals surface area contributed by atoms with Gasteiger partial charge in [0.1, 0.15) is 0 Å². The largest absolute Gasteiger partial charge is 0.392 e. The molecule has 0 saturated carbocycles. The van der Waals surface area contributed by atoms with Crippen molar-refractivity contribution >= 4 is 15.7 Å². The molecule has 18 heavy (non-hydrogen) atoms. The first-order valence-electron chi connectivity index (χ1n) is 5.78. The fourth-order valence-corrected chi connectivity index (χ4v) is 2.21. The van der Waals surface area contributed by atoms with Crippen LogP contribution in [-0.4, -0.2) is 32.4 Å². The first-order valence-corrected chi connectivity index (χ1v) is 7.67. The monoisotopic (exact) mass is 272 g/mol. The van der Waals surface area contributed by atoms with Gasteiger partial charge in [-0.05, 0) is 25.5 Å². The van der Waals surface area contributed by atoms with Crippen LogP contribution in [0.15, 0.2) is 24.3 Å². The summed E-state index contributed by atoms with van der Waals surface area (Å²) in [5, 5.41) is 12.4. The average molecular weight is 272 g/mol. The molecule has 2 atom stereocenters. The van der Waals surface area contributed by atoms with Crippen molar-refractivity contribution in [2.75, 3.05) is 17.5 Å². The molecule has 6 heteroatoms. The quantitative estimate of drug-likeness (QED) is 0.724. The Kier molecular flexibility index (Phi) is 5.13. The number of aliphatic hydroxyl groups excluding tert-OH is 1. The number of sulfonamides is 1. The minimum Gasteiger partial charge on any atom is -0.392 e. The predicted octanol–water partition coefficient (Wildman–Crippen LogP) is 1.09. The van der Waals surface area contributed by atoms with Crippen molar-refractivity contribution < 1.29 is 13.5 Å². The normalized spacial score (nSPS) is 15.1. The summed E-state index contributed by atoms with van der Waals surface area (Å²) in [5.41, 5.74) is 1.41. The molecule has 1 rings (SSSR count). The van der Waals surface area contributed by atoms with Crippen LogP contribution in [0.25, 0.3) is 0 Å². The van der Waals surface area contributed by atoms with Gasteiger partial charge in [-0.1, -0.05) is 18.2 Å². The SMILES string of the molecule is CC(NC[C@H](C)O)c1ccccc1NS(C)(=O)=O. The van der Waals surface area contributed by atoms with Crippen molar-refractivity contribution in [1.29, 1.82) is 0 Å². The molecule has 0 radical (unpaired) electrons. The van der Waals surface area contributed by atoms with E-state index in [0.29, 0.717) is 12.2 Å². The summed E-state index contributed by atoms with van der Waals surface area (Å²) < 4.78 is 25.0. The maximum atomic E-state index is 11.3. The third-order valence-corrected chi connectivity index (χ3v) is 3.03. The number of hydrogen-bond acceptors (Lipinski definition) is 4. The lowest BCUT2D eigenvalue weighted by atomic mass is 10.1. The second kappa shape index (κ2) is 6.17. The maximum Gasteiger partial charge on any atom is 0.229 e. The predicted molar refractivity (Wildman–Crippen MR) is 73.0 cm³/mol. The topological polar surface area (TPSA) is 78.4 Å². The fourth-order valence-electron chi connectivity index (χ4n) is 1.62. The van der Waals surface area contributed by atoms with Gasteiger partial charge in [0.15, 0.2) is 0 Å². The first-order chi connectivity index (χ1) is 8.29. The highest BCUT2D eigenvalue weighted by molar-refractivity contribution is 7.92. The Balaban J connectivity index is 2.87. The molecule has 0 aliphatic heterocycles. The number of aliphatic hydroxyl groups is 1. The zero-order chi connectivity index (χ0) is 13.8. The minimum absolute atomic E-state index is 0.0509. The van der Waals surface area contributed by atoms with Crippen LogP contribution < -0.4 is 10.0 Å². The second-order valence-corrected chi connectivity index (χ2v) is 6.19. The molecular weight excluding hydrogens is 252 g/mol. The van der Waals surface area contributed by atoms with Gasteiger partial charge in [0.25, 0.3) is 0 Å². The molecule has 3 N–H and O–H groups in total. The van der Waals surface area contributed by atoms with Gasteiger partial charge in [0, 0.05) is 12.6 Å². The average Bonchev–Trinajstić information content (AvgIpc) is 2.24. The number of rotatable bonds is 6. The summed E-state index contributed by atoms with van der Waals surface area (Å²) in [6.45, 7) is 4.07. The highest BCUT2D eigenvalue weighted by Gasteiger charge is 2.12. The van der Waals surface area contributed by atoms with Crippen molar-refractivity contribution in [1.82, 2.24) is 5.32 Å². The van der Waals surface area contributed by atoms with Crippen LogP contribution in [0, 0.1) is 0 Å². The maximum absolute atomic E-state index is 11.3. The molecule has 0 aromatic heterocycles. The van der Waals surface area contributed by atoms with Crippen molar-refractivity contribution in [3.63, 3.8) is 0 Å². The summed E-state index contributed by atoms with van der Waals surface area (Å²) in [6.07, 6.45) is 0.681. The molecule has 0 heterocycles. The fraction of sp³-hybridized carbons (Fsp3) is 0.500. The molecule has 1 unspecified atom stereocenters. The van der Waals surface area contributed by atoms with E-state index in [2.05, 4.69) is 10.0 Å². The summed E-state index contributed by atoms with van der Waals surface area (Å²) in [4.78, 5) is 0. The molecular formula is C12H20N2O3S. The van der Waals surface area contributed by atoms with Gasteiger partial charge in [-0.15, -0.1) is 0 Å². The lowest BCUT2D eigenvalue weighted by Gasteiger charge is -2.19. The number of anilines is 1. The third kappa shape index (κ3) is 5.03. The van der Waals surface area contributed by atoms with E-state index in [1.54, 1.807) is 19.1 Å². The molecule has 0 aliphatic carbocycles. The Bertz CT molecular complexity index is 486. The van der Waals surface area contributed by atoms with E-state index in [1.165, 1.54) is 0 Å². The highest BCUT2D eigenvalue weighted by atomic mass is 32.2. The second-order valence-electron chi connectivity index (χ2n) is 4.44. The van der Waals surface area contributed by atoms with E-state index in [9.17, 15) is 13.5 Å². The molecule has 0 aliphatic rings. The molecule has 0 saturated heterocycles. The lowest BCUT2D eigenvalue weighted by Crippen LogP contribution is -2.27. The van der Waals surface area contributed by atoms with Crippen molar-refractivity contribution in [2.45, 2.75) is 26.0 Å². The molecule has 0 spiro atoms. The van der Waals surface area contributed by atoms with Crippen LogP contribution in [0.4, 0.5) is 5.69 Å². The molecule has 1 aromatic rings. The Hall–Kier alpha value is -1.11. The van der Waals surface area contributed by atoms with Gasteiger partial charge >= 0.3 is 0 Å². The summed E-state index contributed by atoms with van der Waals surface area (Å²) in [7, 11) is -3.29. The van der Waals surface area contributed by atoms with Crippen LogP contribution >= 0.6 is 0 Å². The third-order valence-electron chi connectivity index (χ3n) is 2.44. The molecule has 1 aromatic carbocycles. The molecule has 0 amide bonds. The number of hydrogen-bond donors (Lipinski definition) is 3.